The Kier molecular flexibility index (Phi) is 7.62. The van der Waals surface area contributed by atoms with E-state index in [4.69, 9.17) is 18.6 Å². The SMILES string of the molecule is Cc1cc(=O)oc2cc(OCC(=O)Nc3cc(S(=O)(=O)N4CCOCC4)ccc3OC(C)C)ccc12. The van der Waals surface area contributed by atoms with Crippen molar-refractivity contribution in [3.05, 3.63) is 58.4 Å². The highest BCUT2D eigenvalue weighted by molar-refractivity contribution is 7.89. The van der Waals surface area contributed by atoms with Crippen LogP contribution in [-0.2, 0) is 19.6 Å². The number of fused-ring (bicyclic) bond motifs is 1. The van der Waals surface area contributed by atoms with Gasteiger partial charge in [-0.25, -0.2) is 13.2 Å². The van der Waals surface area contributed by atoms with E-state index in [9.17, 15) is 18.0 Å². The van der Waals surface area contributed by atoms with Crippen LogP contribution in [0.3, 0.4) is 0 Å². The number of carbonyl (C=O) groups is 1. The summed E-state index contributed by atoms with van der Waals surface area (Å²) in [7, 11) is -3.77. The molecule has 1 fully saturated rings. The predicted octanol–water partition coefficient (Wildman–Crippen LogP) is 2.93. The topological polar surface area (TPSA) is 124 Å². The molecule has 0 bridgehead atoms. The minimum absolute atomic E-state index is 0.0386. The summed E-state index contributed by atoms with van der Waals surface area (Å²) in [5.74, 6) is 0.159. The van der Waals surface area contributed by atoms with Gasteiger partial charge in [0.15, 0.2) is 6.61 Å². The maximum atomic E-state index is 13.1. The number of hydrogen-bond acceptors (Lipinski definition) is 8. The van der Waals surface area contributed by atoms with E-state index >= 15 is 0 Å². The van der Waals surface area contributed by atoms with Crippen molar-refractivity contribution in [2.24, 2.45) is 0 Å². The molecule has 2 aromatic carbocycles. The molecule has 11 heteroatoms. The number of aryl methyl sites for hydroxylation is 1. The Morgan fingerprint density at radius 3 is 2.58 bits per heavy atom. The number of nitrogens with one attached hydrogen (secondary N) is 1. The standard InChI is InChI=1S/C25H28N2O8S/c1-16(2)34-22-7-5-19(36(30,31)27-8-10-32-11-9-27)14-21(22)26-24(28)15-33-18-4-6-20-17(3)12-25(29)35-23(20)13-18/h4-7,12-14,16H,8-11,15H2,1-3H3,(H,26,28). The first-order valence-corrected chi connectivity index (χ1v) is 12.9. The maximum Gasteiger partial charge on any atom is 0.336 e. The van der Waals surface area contributed by atoms with Crippen LogP contribution in [0.2, 0.25) is 0 Å². The third-order valence-electron chi connectivity index (χ3n) is 5.49. The van der Waals surface area contributed by atoms with E-state index in [-0.39, 0.29) is 36.4 Å². The molecule has 0 spiro atoms. The van der Waals surface area contributed by atoms with Crippen molar-refractivity contribution in [1.82, 2.24) is 4.31 Å². The Bertz CT molecular complexity index is 1430. The van der Waals surface area contributed by atoms with Gasteiger partial charge in [0, 0.05) is 30.6 Å². The predicted molar refractivity (Wildman–Crippen MR) is 133 cm³/mol. The van der Waals surface area contributed by atoms with Gasteiger partial charge in [-0.3, -0.25) is 4.79 Å². The Labute approximate surface area is 208 Å². The Morgan fingerprint density at radius 2 is 1.86 bits per heavy atom. The smallest absolute Gasteiger partial charge is 0.336 e. The minimum Gasteiger partial charge on any atom is -0.489 e. The van der Waals surface area contributed by atoms with Crippen LogP contribution in [0.15, 0.2) is 56.6 Å². The summed E-state index contributed by atoms with van der Waals surface area (Å²) in [6, 6.07) is 10.7. The van der Waals surface area contributed by atoms with Gasteiger partial charge in [0.05, 0.1) is 29.9 Å². The number of nitrogens with zero attached hydrogens (tertiary/aromatic N) is 1. The van der Waals surface area contributed by atoms with E-state index in [1.165, 1.54) is 28.6 Å². The first-order chi connectivity index (χ1) is 17.1. The zero-order valence-corrected chi connectivity index (χ0v) is 21.1. The largest absolute Gasteiger partial charge is 0.489 e. The second kappa shape index (κ2) is 10.7. The average molecular weight is 517 g/mol. The van der Waals surface area contributed by atoms with Gasteiger partial charge in [0.25, 0.3) is 5.91 Å². The number of hydrogen-bond donors (Lipinski definition) is 1. The van der Waals surface area contributed by atoms with Crippen molar-refractivity contribution in [2.75, 3.05) is 38.2 Å². The van der Waals surface area contributed by atoms with E-state index in [1.54, 1.807) is 25.1 Å². The summed E-state index contributed by atoms with van der Waals surface area (Å²) in [5.41, 5.74) is 0.868. The second-order valence-electron chi connectivity index (χ2n) is 8.58. The van der Waals surface area contributed by atoms with Crippen LogP contribution >= 0.6 is 0 Å². The molecular weight excluding hydrogens is 488 g/mol. The van der Waals surface area contributed by atoms with Crippen molar-refractivity contribution in [1.29, 1.82) is 0 Å². The highest BCUT2D eigenvalue weighted by atomic mass is 32.2. The first kappa shape index (κ1) is 25.7. The van der Waals surface area contributed by atoms with Gasteiger partial charge in [-0.05, 0) is 56.7 Å². The van der Waals surface area contributed by atoms with Crippen LogP contribution in [0.1, 0.15) is 19.4 Å². The lowest BCUT2D eigenvalue weighted by atomic mass is 10.1. The van der Waals surface area contributed by atoms with Crippen LogP contribution < -0.4 is 20.4 Å². The van der Waals surface area contributed by atoms with Crippen LogP contribution in [0, 0.1) is 6.92 Å². The number of morpholine rings is 1. The zero-order chi connectivity index (χ0) is 25.9. The fraction of sp³-hybridized carbons (Fsp3) is 0.360. The van der Waals surface area contributed by atoms with Gasteiger partial charge in [-0.1, -0.05) is 0 Å². The van der Waals surface area contributed by atoms with Crippen molar-refractivity contribution in [3.8, 4) is 11.5 Å². The highest BCUT2D eigenvalue weighted by Crippen LogP contribution is 2.30. The molecule has 36 heavy (non-hydrogen) atoms. The second-order valence-corrected chi connectivity index (χ2v) is 10.5. The molecule has 2 heterocycles. The molecule has 192 valence electrons. The van der Waals surface area contributed by atoms with E-state index in [2.05, 4.69) is 5.32 Å². The molecule has 1 aliphatic rings. The molecule has 4 rings (SSSR count). The molecule has 3 aromatic rings. The van der Waals surface area contributed by atoms with Crippen molar-refractivity contribution < 1.29 is 31.8 Å². The molecule has 1 N–H and O–H groups in total. The molecule has 1 aliphatic heterocycles. The molecule has 1 saturated heterocycles. The lowest BCUT2D eigenvalue weighted by Crippen LogP contribution is -2.40. The summed E-state index contributed by atoms with van der Waals surface area (Å²) in [5, 5.41) is 3.45. The molecule has 1 amide bonds. The number of sulfonamides is 1. The number of anilines is 1. The molecule has 0 unspecified atom stereocenters. The normalized spacial score (nSPS) is 14.7. The average Bonchev–Trinajstić information content (AvgIpc) is 2.83. The minimum atomic E-state index is -3.77. The summed E-state index contributed by atoms with van der Waals surface area (Å²) in [6.07, 6.45) is -0.200. The monoisotopic (exact) mass is 516 g/mol. The van der Waals surface area contributed by atoms with E-state index < -0.39 is 21.6 Å². The van der Waals surface area contributed by atoms with E-state index in [1.807, 2.05) is 13.8 Å². The van der Waals surface area contributed by atoms with Crippen LogP contribution in [-0.4, -0.2) is 57.6 Å². The molecule has 0 aliphatic carbocycles. The lowest BCUT2D eigenvalue weighted by molar-refractivity contribution is -0.118. The van der Waals surface area contributed by atoms with Crippen molar-refractivity contribution in [2.45, 2.75) is 31.8 Å². The van der Waals surface area contributed by atoms with Crippen molar-refractivity contribution >= 4 is 32.6 Å². The highest BCUT2D eigenvalue weighted by Gasteiger charge is 2.27. The number of rotatable bonds is 8. The van der Waals surface area contributed by atoms with E-state index in [0.29, 0.717) is 30.3 Å². The molecule has 0 radical (unpaired) electrons. The summed E-state index contributed by atoms with van der Waals surface area (Å²) < 4.78 is 49.3. The van der Waals surface area contributed by atoms with Gasteiger partial charge >= 0.3 is 5.63 Å². The van der Waals surface area contributed by atoms with Gasteiger partial charge in [-0.2, -0.15) is 4.31 Å². The molecule has 0 saturated carbocycles. The lowest BCUT2D eigenvalue weighted by Gasteiger charge is -2.26. The maximum absolute atomic E-state index is 13.1. The summed E-state index contributed by atoms with van der Waals surface area (Å²) >= 11 is 0. The van der Waals surface area contributed by atoms with Crippen LogP contribution in [0.4, 0.5) is 5.69 Å². The number of benzene rings is 2. The van der Waals surface area contributed by atoms with Gasteiger partial charge in [0.2, 0.25) is 10.0 Å². The van der Waals surface area contributed by atoms with Crippen molar-refractivity contribution in [3.63, 3.8) is 0 Å². The van der Waals surface area contributed by atoms with Gasteiger partial charge in [0.1, 0.15) is 17.1 Å². The Hall–Kier alpha value is -3.41. The zero-order valence-electron chi connectivity index (χ0n) is 20.3. The third-order valence-corrected chi connectivity index (χ3v) is 7.38. The third kappa shape index (κ3) is 5.86. The summed E-state index contributed by atoms with van der Waals surface area (Å²) in [4.78, 5) is 24.4. The molecule has 10 nitrogen and oxygen atoms in total. The van der Waals surface area contributed by atoms with Crippen LogP contribution in [0.25, 0.3) is 11.0 Å². The Balaban J connectivity index is 1.52. The molecular formula is C25H28N2O8S. The Morgan fingerprint density at radius 1 is 1.11 bits per heavy atom. The van der Waals surface area contributed by atoms with Crippen LogP contribution in [0.5, 0.6) is 11.5 Å². The first-order valence-electron chi connectivity index (χ1n) is 11.5. The quantitative estimate of drug-likeness (QED) is 0.453. The number of carbonyl (C=O) groups excluding carboxylic acids is 1. The number of ether oxygens (including phenoxy) is 3. The van der Waals surface area contributed by atoms with E-state index in [0.717, 1.165) is 10.9 Å². The van der Waals surface area contributed by atoms with Gasteiger partial charge in [-0.15, -0.1) is 0 Å². The number of amides is 1. The fourth-order valence-electron chi connectivity index (χ4n) is 3.79. The molecule has 1 aromatic heterocycles. The van der Waals surface area contributed by atoms with Gasteiger partial charge < -0.3 is 23.9 Å². The molecule has 0 atom stereocenters. The fourth-order valence-corrected chi connectivity index (χ4v) is 5.22. The summed E-state index contributed by atoms with van der Waals surface area (Å²) in [6.45, 7) is 6.26.